The molecule has 1 fully saturated rings. The van der Waals surface area contributed by atoms with E-state index >= 15 is 0 Å². The lowest BCUT2D eigenvalue weighted by atomic mass is 10.0. The summed E-state index contributed by atoms with van der Waals surface area (Å²) in [5.74, 6) is 1.84. The topological polar surface area (TPSA) is 12.0 Å². The molecule has 0 amide bonds. The highest BCUT2D eigenvalue weighted by Crippen LogP contribution is 2.44. The molecule has 0 bridgehead atoms. The Hall–Kier alpha value is -0.300. The minimum atomic E-state index is 0.569. The van der Waals surface area contributed by atoms with Crippen molar-refractivity contribution in [3.8, 4) is 0 Å². The summed E-state index contributed by atoms with van der Waals surface area (Å²) >= 11 is 0. The Labute approximate surface area is 69.9 Å². The fourth-order valence-corrected chi connectivity index (χ4v) is 1.97. The maximum Gasteiger partial charge on any atom is 0.0302 e. The average molecular weight is 153 g/mol. The summed E-state index contributed by atoms with van der Waals surface area (Å²) in [6, 6.07) is 0.569. The van der Waals surface area contributed by atoms with E-state index in [4.69, 9.17) is 0 Å². The molecule has 11 heavy (non-hydrogen) atoms. The lowest BCUT2D eigenvalue weighted by Crippen LogP contribution is -2.28. The molecule has 0 aliphatic heterocycles. The highest BCUT2D eigenvalue weighted by Gasteiger charge is 2.40. The van der Waals surface area contributed by atoms with Gasteiger partial charge in [-0.2, -0.15) is 0 Å². The Balaban J connectivity index is 2.40. The Bertz CT molecular complexity index is 151. The second-order valence-electron chi connectivity index (χ2n) is 3.68. The number of likely N-dealkylation sites (N-methyl/N-ethyl adjacent to an activating group) is 1. The van der Waals surface area contributed by atoms with E-state index in [2.05, 4.69) is 25.7 Å². The van der Waals surface area contributed by atoms with E-state index in [1.54, 1.807) is 0 Å². The third kappa shape index (κ3) is 1.84. The van der Waals surface area contributed by atoms with Crippen LogP contribution in [0.3, 0.4) is 0 Å². The second-order valence-corrected chi connectivity index (χ2v) is 3.68. The molecular weight excluding hydrogens is 134 g/mol. The minimum Gasteiger partial charge on any atom is -0.313 e. The van der Waals surface area contributed by atoms with Gasteiger partial charge in [0.15, 0.2) is 0 Å². The van der Waals surface area contributed by atoms with Crippen molar-refractivity contribution in [3.05, 3.63) is 12.2 Å². The fraction of sp³-hybridized carbons (Fsp3) is 0.800. The van der Waals surface area contributed by atoms with Gasteiger partial charge in [-0.25, -0.2) is 0 Å². The molecule has 0 aromatic rings. The van der Waals surface area contributed by atoms with Crippen LogP contribution in [0.25, 0.3) is 0 Å². The zero-order chi connectivity index (χ0) is 8.43. The molecule has 1 aliphatic carbocycles. The van der Waals surface area contributed by atoms with Gasteiger partial charge in [0.1, 0.15) is 0 Å². The van der Waals surface area contributed by atoms with Crippen molar-refractivity contribution in [1.29, 1.82) is 0 Å². The molecule has 0 spiro atoms. The van der Waals surface area contributed by atoms with Gasteiger partial charge in [0.05, 0.1) is 0 Å². The molecule has 0 saturated heterocycles. The lowest BCUT2D eigenvalue weighted by molar-refractivity contribution is 0.526. The maximum atomic E-state index is 3.99. The zero-order valence-corrected chi connectivity index (χ0v) is 7.85. The van der Waals surface area contributed by atoms with E-state index in [1.165, 1.54) is 18.4 Å². The van der Waals surface area contributed by atoms with Crippen molar-refractivity contribution in [3.63, 3.8) is 0 Å². The van der Waals surface area contributed by atoms with Crippen LogP contribution in [0.1, 0.15) is 26.7 Å². The van der Waals surface area contributed by atoms with Gasteiger partial charge in [-0.05, 0) is 32.2 Å². The first-order valence-corrected chi connectivity index (χ1v) is 4.53. The van der Waals surface area contributed by atoms with E-state index in [0.29, 0.717) is 6.04 Å². The van der Waals surface area contributed by atoms with Gasteiger partial charge >= 0.3 is 0 Å². The van der Waals surface area contributed by atoms with E-state index in [9.17, 15) is 0 Å². The van der Waals surface area contributed by atoms with Crippen LogP contribution in [0.5, 0.6) is 0 Å². The van der Waals surface area contributed by atoms with Gasteiger partial charge in [0, 0.05) is 6.04 Å². The van der Waals surface area contributed by atoms with Crippen molar-refractivity contribution in [2.75, 3.05) is 7.05 Å². The average Bonchev–Trinajstić information content (AvgIpc) is 2.68. The molecular formula is C10H19N. The SMILES string of the molecule is C=C(C)C(NC)C1CC1CC. The van der Waals surface area contributed by atoms with Crippen LogP contribution in [0.15, 0.2) is 12.2 Å². The molecule has 0 aromatic heterocycles. The van der Waals surface area contributed by atoms with Gasteiger partial charge < -0.3 is 5.32 Å². The zero-order valence-electron chi connectivity index (χ0n) is 7.85. The first-order chi connectivity index (χ1) is 5.20. The highest BCUT2D eigenvalue weighted by atomic mass is 14.9. The van der Waals surface area contributed by atoms with Crippen LogP contribution in [0.2, 0.25) is 0 Å². The molecule has 1 nitrogen and oxygen atoms in total. The summed E-state index contributed by atoms with van der Waals surface area (Å²) in [6.45, 7) is 8.38. The Morgan fingerprint density at radius 1 is 1.73 bits per heavy atom. The van der Waals surface area contributed by atoms with Gasteiger partial charge in [0.25, 0.3) is 0 Å². The van der Waals surface area contributed by atoms with Gasteiger partial charge in [-0.15, -0.1) is 0 Å². The second kappa shape index (κ2) is 3.40. The number of nitrogens with one attached hydrogen (secondary N) is 1. The maximum absolute atomic E-state index is 3.99. The van der Waals surface area contributed by atoms with Crippen molar-refractivity contribution in [2.45, 2.75) is 32.7 Å². The normalized spacial score (nSPS) is 31.5. The highest BCUT2D eigenvalue weighted by molar-refractivity contribution is 5.10. The van der Waals surface area contributed by atoms with Crippen LogP contribution in [0, 0.1) is 11.8 Å². The molecule has 1 saturated carbocycles. The number of rotatable bonds is 4. The van der Waals surface area contributed by atoms with Crippen LogP contribution in [0.4, 0.5) is 0 Å². The smallest absolute Gasteiger partial charge is 0.0302 e. The monoisotopic (exact) mass is 153 g/mol. The summed E-state index contributed by atoms with van der Waals surface area (Å²) in [7, 11) is 2.03. The van der Waals surface area contributed by atoms with E-state index in [0.717, 1.165) is 11.8 Å². The first-order valence-electron chi connectivity index (χ1n) is 4.53. The predicted molar refractivity (Wildman–Crippen MR) is 49.5 cm³/mol. The molecule has 3 unspecified atom stereocenters. The van der Waals surface area contributed by atoms with Gasteiger partial charge in [-0.3, -0.25) is 0 Å². The first kappa shape index (κ1) is 8.79. The Morgan fingerprint density at radius 3 is 2.64 bits per heavy atom. The van der Waals surface area contributed by atoms with E-state index < -0.39 is 0 Å². The molecule has 0 aromatic carbocycles. The van der Waals surface area contributed by atoms with Crippen LogP contribution < -0.4 is 5.32 Å². The van der Waals surface area contributed by atoms with Crippen molar-refractivity contribution < 1.29 is 0 Å². The third-order valence-electron chi connectivity index (χ3n) is 2.77. The molecule has 1 N–H and O–H groups in total. The lowest BCUT2D eigenvalue weighted by Gasteiger charge is -2.15. The van der Waals surface area contributed by atoms with Gasteiger partial charge in [0.2, 0.25) is 0 Å². The van der Waals surface area contributed by atoms with Crippen molar-refractivity contribution in [2.24, 2.45) is 11.8 Å². The number of hydrogen-bond acceptors (Lipinski definition) is 1. The van der Waals surface area contributed by atoms with Gasteiger partial charge in [-0.1, -0.05) is 25.5 Å². The standard InChI is InChI=1S/C10H19N/c1-5-8-6-9(8)10(11-4)7(2)3/h8-11H,2,5-6H2,1,3-4H3. The molecule has 3 atom stereocenters. The summed E-state index contributed by atoms with van der Waals surface area (Å²) in [5, 5.41) is 3.33. The summed E-state index contributed by atoms with van der Waals surface area (Å²) in [4.78, 5) is 0. The van der Waals surface area contributed by atoms with Crippen molar-refractivity contribution >= 4 is 0 Å². The minimum absolute atomic E-state index is 0.569. The third-order valence-corrected chi connectivity index (χ3v) is 2.77. The Kier molecular flexibility index (Phi) is 2.72. The summed E-state index contributed by atoms with van der Waals surface area (Å²) < 4.78 is 0. The fourth-order valence-electron chi connectivity index (χ4n) is 1.97. The largest absolute Gasteiger partial charge is 0.313 e. The quantitative estimate of drug-likeness (QED) is 0.610. The molecule has 64 valence electrons. The molecule has 1 rings (SSSR count). The summed E-state index contributed by atoms with van der Waals surface area (Å²) in [6.07, 6.45) is 2.73. The predicted octanol–water partition coefficient (Wildman–Crippen LogP) is 2.20. The van der Waals surface area contributed by atoms with E-state index in [-0.39, 0.29) is 0 Å². The van der Waals surface area contributed by atoms with Crippen LogP contribution in [-0.2, 0) is 0 Å². The number of hydrogen-bond donors (Lipinski definition) is 1. The molecule has 1 heteroatoms. The van der Waals surface area contributed by atoms with Crippen molar-refractivity contribution in [1.82, 2.24) is 5.32 Å². The van der Waals surface area contributed by atoms with E-state index in [1.807, 2.05) is 7.05 Å². The molecule has 1 aliphatic rings. The Morgan fingerprint density at radius 2 is 2.36 bits per heavy atom. The van der Waals surface area contributed by atoms with Crippen LogP contribution >= 0.6 is 0 Å². The molecule has 0 heterocycles. The summed E-state index contributed by atoms with van der Waals surface area (Å²) in [5.41, 5.74) is 1.29. The van der Waals surface area contributed by atoms with Crippen LogP contribution in [-0.4, -0.2) is 13.1 Å². The molecule has 0 radical (unpaired) electrons.